The minimum absolute atomic E-state index is 0.129. The summed E-state index contributed by atoms with van der Waals surface area (Å²) in [6.45, 7) is 3.83. The summed E-state index contributed by atoms with van der Waals surface area (Å²) in [6, 6.07) is 11.8. The number of nitrogens with one attached hydrogen (secondary N) is 3. The smallest absolute Gasteiger partial charge is 0.340 e. The summed E-state index contributed by atoms with van der Waals surface area (Å²) in [5, 5.41) is 2.84. The minimum atomic E-state index is -0.511. The topological polar surface area (TPSA) is 109 Å². The molecule has 8 nitrogen and oxygen atoms in total. The van der Waals surface area contributed by atoms with Crippen molar-refractivity contribution < 1.29 is 23.5 Å². The van der Waals surface area contributed by atoms with E-state index in [0.29, 0.717) is 58.0 Å². The van der Waals surface area contributed by atoms with E-state index < -0.39 is 5.97 Å². The van der Waals surface area contributed by atoms with Gasteiger partial charge in [-0.1, -0.05) is 18.2 Å². The van der Waals surface area contributed by atoms with Gasteiger partial charge < -0.3 is 24.8 Å². The lowest BCUT2D eigenvalue weighted by molar-refractivity contribution is 0.0386. The number of anilines is 1. The van der Waals surface area contributed by atoms with Crippen LogP contribution in [0.1, 0.15) is 43.5 Å². The average Bonchev–Trinajstić information content (AvgIpc) is 3.34. The van der Waals surface area contributed by atoms with Crippen LogP contribution in [-0.4, -0.2) is 47.2 Å². The van der Waals surface area contributed by atoms with Crippen LogP contribution in [0.2, 0.25) is 0 Å². The van der Waals surface area contributed by atoms with Gasteiger partial charge in [0.25, 0.3) is 5.91 Å². The summed E-state index contributed by atoms with van der Waals surface area (Å²) in [7, 11) is 1.52. The van der Waals surface area contributed by atoms with Crippen molar-refractivity contribution in [3.05, 3.63) is 82.2 Å². The van der Waals surface area contributed by atoms with Gasteiger partial charge in [-0.2, -0.15) is 0 Å². The number of aromatic amines is 2. The molecule has 2 aromatic carbocycles. The number of H-pyrrole nitrogens is 2. The van der Waals surface area contributed by atoms with E-state index >= 15 is 0 Å². The fourth-order valence-corrected chi connectivity index (χ4v) is 3.81. The van der Waals surface area contributed by atoms with E-state index in [9.17, 15) is 14.0 Å². The molecule has 0 fully saturated rings. The minimum Gasteiger partial charge on any atom is -0.460 e. The van der Waals surface area contributed by atoms with Crippen LogP contribution in [0.25, 0.3) is 11.0 Å². The van der Waals surface area contributed by atoms with E-state index in [1.807, 2.05) is 0 Å². The van der Waals surface area contributed by atoms with Gasteiger partial charge in [0.1, 0.15) is 23.9 Å². The molecule has 4 rings (SSSR count). The van der Waals surface area contributed by atoms with E-state index in [0.717, 1.165) is 0 Å². The maximum atomic E-state index is 14.0. The summed E-state index contributed by atoms with van der Waals surface area (Å²) >= 11 is 0. The van der Waals surface area contributed by atoms with Gasteiger partial charge in [-0.3, -0.25) is 4.79 Å². The third-order valence-electron chi connectivity index (χ3n) is 5.49. The first-order valence-corrected chi connectivity index (χ1v) is 10.8. The first-order valence-electron chi connectivity index (χ1n) is 10.8. The number of hydrogen-bond acceptors (Lipinski definition) is 5. The molecule has 0 aliphatic carbocycles. The van der Waals surface area contributed by atoms with E-state index in [1.54, 1.807) is 50.2 Å². The summed E-state index contributed by atoms with van der Waals surface area (Å²) < 4.78 is 24.0. The number of rotatable bonds is 8. The Kier molecular flexibility index (Phi) is 6.74. The monoisotopic (exact) mass is 464 g/mol. The zero-order chi connectivity index (χ0) is 24.2. The molecule has 2 heterocycles. The molecular formula is C25H25FN4O4. The number of benzene rings is 2. The van der Waals surface area contributed by atoms with Gasteiger partial charge in [-0.15, -0.1) is 0 Å². The van der Waals surface area contributed by atoms with Crippen LogP contribution in [0, 0.1) is 19.7 Å². The molecule has 34 heavy (non-hydrogen) atoms. The molecule has 2 aromatic heterocycles. The Morgan fingerprint density at radius 3 is 2.65 bits per heavy atom. The highest BCUT2D eigenvalue weighted by atomic mass is 19.1. The van der Waals surface area contributed by atoms with Crippen molar-refractivity contribution in [3.8, 4) is 0 Å². The first-order chi connectivity index (χ1) is 16.4. The second-order valence-electron chi connectivity index (χ2n) is 7.89. The predicted molar refractivity (Wildman–Crippen MR) is 126 cm³/mol. The van der Waals surface area contributed by atoms with Crippen LogP contribution in [0.15, 0.2) is 42.5 Å². The number of esters is 1. The lowest BCUT2D eigenvalue weighted by atomic mass is 10.1. The Morgan fingerprint density at radius 1 is 1.09 bits per heavy atom. The van der Waals surface area contributed by atoms with Crippen molar-refractivity contribution in [2.75, 3.05) is 25.6 Å². The van der Waals surface area contributed by atoms with E-state index in [-0.39, 0.29) is 24.0 Å². The molecule has 0 unspecified atom stereocenters. The number of amides is 1. The number of nitrogens with zero attached hydrogens (tertiary/aromatic N) is 1. The normalized spacial score (nSPS) is 11.1. The van der Waals surface area contributed by atoms with Gasteiger partial charge in [0, 0.05) is 24.9 Å². The van der Waals surface area contributed by atoms with Gasteiger partial charge in [0.15, 0.2) is 0 Å². The Morgan fingerprint density at radius 2 is 1.88 bits per heavy atom. The molecule has 0 radical (unpaired) electrons. The summed E-state index contributed by atoms with van der Waals surface area (Å²) in [6.07, 6.45) is 0.327. The highest BCUT2D eigenvalue weighted by molar-refractivity contribution is 6.07. The van der Waals surface area contributed by atoms with Crippen LogP contribution in [0.5, 0.6) is 0 Å². The molecule has 0 aliphatic rings. The molecule has 0 atom stereocenters. The second kappa shape index (κ2) is 9.88. The standard InChI is InChI=1S/C25H25FN4O4/c1-14-22(25(32)34-11-10-33-3)15(2)27-23(14)24(31)28-17-8-9-19-20(13-17)30-21(29-19)12-16-6-4-5-7-18(16)26/h4-9,13,27H,10-12H2,1-3H3,(H,28,31)(H,29,30). The van der Waals surface area contributed by atoms with Crippen molar-refractivity contribution in [3.63, 3.8) is 0 Å². The SMILES string of the molecule is COCCOC(=O)c1c(C)[nH]c(C(=O)Nc2ccc3nc(Cc4ccccc4F)[nH]c3c2)c1C. The summed E-state index contributed by atoms with van der Waals surface area (Å²) in [5.41, 5.74) is 4.19. The molecule has 4 aromatic rings. The molecular weight excluding hydrogens is 439 g/mol. The number of ether oxygens (including phenoxy) is 2. The van der Waals surface area contributed by atoms with E-state index in [2.05, 4.69) is 20.3 Å². The lowest BCUT2D eigenvalue weighted by Gasteiger charge is -2.06. The van der Waals surface area contributed by atoms with E-state index in [1.165, 1.54) is 13.2 Å². The molecule has 0 bridgehead atoms. The quantitative estimate of drug-likeness (QED) is 0.266. The maximum Gasteiger partial charge on any atom is 0.340 e. The van der Waals surface area contributed by atoms with Crippen molar-refractivity contribution in [2.45, 2.75) is 20.3 Å². The number of aryl methyl sites for hydroxylation is 1. The Bertz CT molecular complexity index is 1360. The first kappa shape index (κ1) is 23.2. The number of aromatic nitrogens is 3. The van der Waals surface area contributed by atoms with Gasteiger partial charge in [0.05, 0.1) is 23.2 Å². The van der Waals surface area contributed by atoms with Gasteiger partial charge in [-0.25, -0.2) is 14.2 Å². The molecule has 9 heteroatoms. The molecule has 0 saturated carbocycles. The highest BCUT2D eigenvalue weighted by Gasteiger charge is 2.23. The maximum absolute atomic E-state index is 14.0. The van der Waals surface area contributed by atoms with Crippen LogP contribution < -0.4 is 5.32 Å². The van der Waals surface area contributed by atoms with Crippen LogP contribution >= 0.6 is 0 Å². The predicted octanol–water partition coefficient (Wildman–Crippen LogP) is 4.29. The van der Waals surface area contributed by atoms with Crippen molar-refractivity contribution in [2.24, 2.45) is 0 Å². The number of halogens is 1. The van der Waals surface area contributed by atoms with Crippen LogP contribution in [0.4, 0.5) is 10.1 Å². The number of fused-ring (bicyclic) bond motifs is 1. The lowest BCUT2D eigenvalue weighted by Crippen LogP contribution is -2.14. The molecule has 3 N–H and O–H groups in total. The summed E-state index contributed by atoms with van der Waals surface area (Å²) in [5.74, 6) is -0.559. The number of carbonyl (C=O) groups is 2. The molecule has 1 amide bonds. The number of imidazole rings is 1. The van der Waals surface area contributed by atoms with Crippen molar-refractivity contribution in [1.29, 1.82) is 0 Å². The summed E-state index contributed by atoms with van der Waals surface area (Å²) in [4.78, 5) is 36.0. The van der Waals surface area contributed by atoms with Crippen molar-refractivity contribution in [1.82, 2.24) is 15.0 Å². The Labute approximate surface area is 195 Å². The van der Waals surface area contributed by atoms with Gasteiger partial charge in [0.2, 0.25) is 0 Å². The van der Waals surface area contributed by atoms with Gasteiger partial charge >= 0.3 is 5.97 Å². The van der Waals surface area contributed by atoms with E-state index in [4.69, 9.17) is 9.47 Å². The zero-order valence-corrected chi connectivity index (χ0v) is 19.1. The molecule has 0 saturated heterocycles. The second-order valence-corrected chi connectivity index (χ2v) is 7.89. The van der Waals surface area contributed by atoms with Crippen molar-refractivity contribution >= 4 is 28.6 Å². The molecule has 176 valence electrons. The molecule has 0 aliphatic heterocycles. The average molecular weight is 464 g/mol. The number of carbonyl (C=O) groups excluding carboxylic acids is 2. The Hall–Kier alpha value is -3.98. The molecule has 0 spiro atoms. The fourth-order valence-electron chi connectivity index (χ4n) is 3.81. The fraction of sp³-hybridized carbons (Fsp3) is 0.240. The van der Waals surface area contributed by atoms with Crippen LogP contribution in [-0.2, 0) is 15.9 Å². The third-order valence-corrected chi connectivity index (χ3v) is 5.49. The zero-order valence-electron chi connectivity index (χ0n) is 19.1. The number of hydrogen-bond donors (Lipinski definition) is 3. The van der Waals surface area contributed by atoms with Crippen LogP contribution in [0.3, 0.4) is 0 Å². The van der Waals surface area contributed by atoms with Gasteiger partial charge in [-0.05, 0) is 49.2 Å². The number of methoxy groups -OCH3 is 1. The third kappa shape index (κ3) is 4.84. The highest BCUT2D eigenvalue weighted by Crippen LogP contribution is 2.23. The largest absolute Gasteiger partial charge is 0.460 e. The Balaban J connectivity index is 1.50.